The van der Waals surface area contributed by atoms with Crippen LogP contribution >= 0.6 is 0 Å². The van der Waals surface area contributed by atoms with Crippen molar-refractivity contribution in [2.45, 2.75) is 39.0 Å². The zero-order valence-corrected chi connectivity index (χ0v) is 18.5. The highest BCUT2D eigenvalue weighted by Gasteiger charge is 2.17. The topological polar surface area (TPSA) is 78.5 Å². The molecular formula is C22H31N3O3S. The van der Waals surface area contributed by atoms with Crippen LogP contribution in [-0.4, -0.2) is 40.5 Å². The van der Waals surface area contributed by atoms with Gasteiger partial charge in [0.05, 0.1) is 4.90 Å². The van der Waals surface area contributed by atoms with Gasteiger partial charge in [-0.2, -0.15) is 0 Å². The summed E-state index contributed by atoms with van der Waals surface area (Å²) < 4.78 is 27.5. The number of aryl methyl sites for hydroxylation is 3. The normalized spacial score (nSPS) is 11.3. The van der Waals surface area contributed by atoms with Crippen molar-refractivity contribution in [3.63, 3.8) is 0 Å². The van der Waals surface area contributed by atoms with Crippen LogP contribution in [0.15, 0.2) is 47.4 Å². The first kappa shape index (κ1) is 22.9. The zero-order chi connectivity index (χ0) is 21.4. The van der Waals surface area contributed by atoms with Crippen molar-refractivity contribution in [3.8, 4) is 0 Å². The molecule has 158 valence electrons. The van der Waals surface area contributed by atoms with E-state index in [1.807, 2.05) is 25.1 Å². The molecule has 7 heteroatoms. The summed E-state index contributed by atoms with van der Waals surface area (Å²) in [5.74, 6) is -0.172. The second-order valence-corrected chi connectivity index (χ2v) is 8.87. The molecule has 0 aliphatic heterocycles. The summed E-state index contributed by atoms with van der Waals surface area (Å²) in [6.45, 7) is 9.87. The highest BCUT2D eigenvalue weighted by Crippen LogP contribution is 2.18. The van der Waals surface area contributed by atoms with Crippen molar-refractivity contribution >= 4 is 21.6 Å². The monoisotopic (exact) mass is 417 g/mol. The van der Waals surface area contributed by atoms with Gasteiger partial charge < -0.3 is 10.2 Å². The van der Waals surface area contributed by atoms with E-state index in [0.717, 1.165) is 17.8 Å². The second kappa shape index (κ2) is 10.4. The molecule has 0 unspecified atom stereocenters. The lowest BCUT2D eigenvalue weighted by Gasteiger charge is -2.25. The van der Waals surface area contributed by atoms with Crippen molar-refractivity contribution in [2.75, 3.05) is 31.1 Å². The highest BCUT2D eigenvalue weighted by atomic mass is 32.2. The predicted octanol–water partition coefficient (Wildman–Crippen LogP) is 2.92. The number of carbonyl (C=O) groups is 1. The molecule has 0 aliphatic rings. The summed E-state index contributed by atoms with van der Waals surface area (Å²) in [5.41, 5.74) is 3.92. The lowest BCUT2D eigenvalue weighted by atomic mass is 10.2. The van der Waals surface area contributed by atoms with Gasteiger partial charge in [-0.15, -0.1) is 0 Å². The van der Waals surface area contributed by atoms with Crippen LogP contribution in [0, 0.1) is 20.8 Å². The number of hydrogen-bond acceptors (Lipinski definition) is 4. The Morgan fingerprint density at radius 3 is 2.41 bits per heavy atom. The van der Waals surface area contributed by atoms with Crippen LogP contribution in [0.4, 0.5) is 5.69 Å². The fourth-order valence-electron chi connectivity index (χ4n) is 3.16. The molecule has 0 spiro atoms. The van der Waals surface area contributed by atoms with Crippen LogP contribution in [0.3, 0.4) is 0 Å². The summed E-state index contributed by atoms with van der Waals surface area (Å²) in [4.78, 5) is 14.6. The van der Waals surface area contributed by atoms with Gasteiger partial charge in [0, 0.05) is 38.3 Å². The minimum atomic E-state index is -3.63. The highest BCUT2D eigenvalue weighted by molar-refractivity contribution is 7.89. The van der Waals surface area contributed by atoms with E-state index in [2.05, 4.69) is 40.9 Å². The zero-order valence-electron chi connectivity index (χ0n) is 17.7. The molecule has 0 saturated heterocycles. The number of benzene rings is 2. The molecule has 0 fully saturated rings. The lowest BCUT2D eigenvalue weighted by molar-refractivity contribution is -0.120. The van der Waals surface area contributed by atoms with E-state index in [1.165, 1.54) is 5.56 Å². The summed E-state index contributed by atoms with van der Waals surface area (Å²) in [6, 6.07) is 13.5. The number of sulfonamides is 1. The molecule has 2 aromatic rings. The first-order valence-corrected chi connectivity index (χ1v) is 11.4. The molecule has 6 nitrogen and oxygen atoms in total. The van der Waals surface area contributed by atoms with Gasteiger partial charge in [0.25, 0.3) is 0 Å². The van der Waals surface area contributed by atoms with Crippen LogP contribution in [-0.2, 0) is 14.8 Å². The maximum atomic E-state index is 12.5. The Kier molecular flexibility index (Phi) is 8.22. The van der Waals surface area contributed by atoms with E-state index in [-0.39, 0.29) is 23.8 Å². The van der Waals surface area contributed by atoms with Gasteiger partial charge in [-0.1, -0.05) is 30.3 Å². The molecule has 0 atom stereocenters. The smallest absolute Gasteiger partial charge is 0.240 e. The summed E-state index contributed by atoms with van der Waals surface area (Å²) in [7, 11) is -3.63. The quantitative estimate of drug-likeness (QED) is 0.623. The van der Waals surface area contributed by atoms with Crippen LogP contribution in [0.25, 0.3) is 0 Å². The molecule has 2 aromatic carbocycles. The summed E-state index contributed by atoms with van der Waals surface area (Å²) >= 11 is 0. The van der Waals surface area contributed by atoms with E-state index in [9.17, 15) is 13.2 Å². The number of anilines is 1. The van der Waals surface area contributed by atoms with Gasteiger partial charge in [-0.25, -0.2) is 13.1 Å². The standard InChI is InChI=1S/C22H31N3O3S/c1-5-25(20-9-7-6-8-18(20)3)15-14-23-22(26)12-13-24-29(27,28)21-16-17(2)10-11-19(21)4/h6-11,16,24H,5,12-15H2,1-4H3,(H,23,26). The minimum Gasteiger partial charge on any atom is -0.370 e. The Morgan fingerprint density at radius 1 is 1.00 bits per heavy atom. The molecule has 29 heavy (non-hydrogen) atoms. The average molecular weight is 418 g/mol. The van der Waals surface area contributed by atoms with Gasteiger partial charge in [0.1, 0.15) is 0 Å². The maximum Gasteiger partial charge on any atom is 0.240 e. The van der Waals surface area contributed by atoms with Gasteiger partial charge in [-0.3, -0.25) is 4.79 Å². The minimum absolute atomic E-state index is 0.0663. The molecule has 2 N–H and O–H groups in total. The average Bonchev–Trinajstić information content (AvgIpc) is 2.67. The Hall–Kier alpha value is -2.38. The van der Waals surface area contributed by atoms with E-state index in [4.69, 9.17) is 0 Å². The Bertz CT molecular complexity index is 942. The molecule has 0 saturated carbocycles. The van der Waals surface area contributed by atoms with E-state index in [0.29, 0.717) is 18.7 Å². The van der Waals surface area contributed by atoms with Crippen LogP contribution < -0.4 is 14.9 Å². The van der Waals surface area contributed by atoms with Crippen molar-refractivity contribution in [3.05, 3.63) is 59.2 Å². The van der Waals surface area contributed by atoms with Crippen molar-refractivity contribution in [2.24, 2.45) is 0 Å². The number of likely N-dealkylation sites (N-methyl/N-ethyl adjacent to an activating group) is 1. The lowest BCUT2D eigenvalue weighted by Crippen LogP contribution is -2.36. The molecule has 1 amide bonds. The number of hydrogen-bond donors (Lipinski definition) is 2. The molecule has 0 radical (unpaired) electrons. The first-order chi connectivity index (χ1) is 13.7. The van der Waals surface area contributed by atoms with E-state index in [1.54, 1.807) is 19.1 Å². The fourth-order valence-corrected chi connectivity index (χ4v) is 4.52. The molecule has 0 bridgehead atoms. The third-order valence-corrected chi connectivity index (χ3v) is 6.42. The SMILES string of the molecule is CCN(CCNC(=O)CCNS(=O)(=O)c1cc(C)ccc1C)c1ccccc1C. The van der Waals surface area contributed by atoms with Crippen LogP contribution in [0.2, 0.25) is 0 Å². The number of nitrogens with one attached hydrogen (secondary N) is 2. The first-order valence-electron chi connectivity index (χ1n) is 9.88. The third kappa shape index (κ3) is 6.58. The number of amides is 1. The molecule has 0 heterocycles. The molecular weight excluding hydrogens is 386 g/mol. The number of para-hydroxylation sites is 1. The van der Waals surface area contributed by atoms with Crippen molar-refractivity contribution < 1.29 is 13.2 Å². The van der Waals surface area contributed by atoms with Gasteiger partial charge in [-0.05, 0) is 56.5 Å². The number of carbonyl (C=O) groups excluding carboxylic acids is 1. The van der Waals surface area contributed by atoms with Crippen LogP contribution in [0.1, 0.15) is 30.0 Å². The van der Waals surface area contributed by atoms with Crippen molar-refractivity contribution in [1.82, 2.24) is 10.0 Å². The fraction of sp³-hybridized carbons (Fsp3) is 0.409. The van der Waals surface area contributed by atoms with Crippen molar-refractivity contribution in [1.29, 1.82) is 0 Å². The molecule has 0 aliphatic carbocycles. The van der Waals surface area contributed by atoms with E-state index < -0.39 is 10.0 Å². The predicted molar refractivity (Wildman–Crippen MR) is 118 cm³/mol. The summed E-state index contributed by atoms with van der Waals surface area (Å²) in [6.07, 6.45) is 0.0978. The van der Waals surface area contributed by atoms with Gasteiger partial charge in [0.2, 0.25) is 15.9 Å². The third-order valence-electron chi connectivity index (χ3n) is 4.82. The Labute approximate surface area is 174 Å². The maximum absolute atomic E-state index is 12.5. The molecule has 2 rings (SSSR count). The largest absolute Gasteiger partial charge is 0.370 e. The van der Waals surface area contributed by atoms with Gasteiger partial charge >= 0.3 is 0 Å². The number of nitrogens with zero attached hydrogens (tertiary/aromatic N) is 1. The second-order valence-electron chi connectivity index (χ2n) is 7.13. The van der Waals surface area contributed by atoms with E-state index >= 15 is 0 Å². The Morgan fingerprint density at radius 2 is 1.72 bits per heavy atom. The molecule has 0 aromatic heterocycles. The van der Waals surface area contributed by atoms with Gasteiger partial charge in [0.15, 0.2) is 0 Å². The van der Waals surface area contributed by atoms with Crippen LogP contribution in [0.5, 0.6) is 0 Å². The summed E-state index contributed by atoms with van der Waals surface area (Å²) in [5, 5.41) is 2.87. The Balaban J connectivity index is 1.80. The number of rotatable bonds is 10.